The van der Waals surface area contributed by atoms with Crippen molar-refractivity contribution in [2.24, 2.45) is 5.92 Å². The van der Waals surface area contributed by atoms with Gasteiger partial charge in [-0.2, -0.15) is 0 Å². The number of nitrogens with zero attached hydrogens (tertiary/aromatic N) is 1. The summed E-state index contributed by atoms with van der Waals surface area (Å²) < 4.78 is 9.89. The third-order valence-corrected chi connectivity index (χ3v) is 3.34. The monoisotopic (exact) mass is 322 g/mol. The van der Waals surface area contributed by atoms with Crippen molar-refractivity contribution in [3.63, 3.8) is 0 Å². The fourth-order valence-electron chi connectivity index (χ4n) is 2.06. The Bertz CT molecular complexity index is 500. The lowest BCUT2D eigenvalue weighted by Gasteiger charge is -2.14. The van der Waals surface area contributed by atoms with Crippen LogP contribution in [0, 0.1) is 5.92 Å². The quantitative estimate of drug-likeness (QED) is 0.707. The molecule has 0 saturated carbocycles. The summed E-state index contributed by atoms with van der Waals surface area (Å²) in [6.07, 6.45) is 4.48. The molecule has 6 heteroatoms. The minimum atomic E-state index is -0.581. The van der Waals surface area contributed by atoms with Gasteiger partial charge in [-0.3, -0.25) is 4.79 Å². The first kappa shape index (κ1) is 18.9. The van der Waals surface area contributed by atoms with Crippen LogP contribution in [0.5, 0.6) is 5.88 Å². The molecule has 1 N–H and O–H groups in total. The molecule has 0 aliphatic rings. The van der Waals surface area contributed by atoms with E-state index < -0.39 is 5.97 Å². The molecule has 0 aliphatic heterocycles. The number of carbonyl (C=O) groups is 2. The Kier molecular flexibility index (Phi) is 8.08. The number of carbonyl (C=O) groups excluding carboxylic acids is 2. The topological polar surface area (TPSA) is 77.5 Å². The lowest BCUT2D eigenvalue weighted by atomic mass is 10.0. The average molecular weight is 322 g/mol. The Morgan fingerprint density at radius 3 is 2.52 bits per heavy atom. The molecule has 0 bridgehead atoms. The van der Waals surface area contributed by atoms with E-state index in [1.807, 2.05) is 6.92 Å². The lowest BCUT2D eigenvalue weighted by molar-refractivity contribution is -0.124. The van der Waals surface area contributed by atoms with Crippen molar-refractivity contribution in [3.05, 3.63) is 23.9 Å². The van der Waals surface area contributed by atoms with Crippen molar-refractivity contribution in [2.75, 3.05) is 13.7 Å². The van der Waals surface area contributed by atoms with Crippen LogP contribution in [-0.4, -0.2) is 36.6 Å². The third kappa shape index (κ3) is 7.63. The second-order valence-corrected chi connectivity index (χ2v) is 5.96. The third-order valence-electron chi connectivity index (χ3n) is 3.34. The molecule has 1 aromatic heterocycles. The zero-order chi connectivity index (χ0) is 17.2. The highest BCUT2D eigenvalue weighted by Gasteiger charge is 2.12. The van der Waals surface area contributed by atoms with Gasteiger partial charge >= 0.3 is 5.97 Å². The van der Waals surface area contributed by atoms with Crippen LogP contribution in [-0.2, 0) is 9.53 Å². The number of hydrogen-bond donors (Lipinski definition) is 1. The molecule has 0 saturated heterocycles. The summed E-state index contributed by atoms with van der Waals surface area (Å²) in [6.45, 7) is 6.01. The van der Waals surface area contributed by atoms with E-state index in [-0.39, 0.29) is 24.1 Å². The van der Waals surface area contributed by atoms with Crippen molar-refractivity contribution in [3.8, 4) is 5.88 Å². The highest BCUT2D eigenvalue weighted by molar-refractivity contribution is 5.91. The van der Waals surface area contributed by atoms with Gasteiger partial charge in [0.15, 0.2) is 6.61 Å². The predicted molar refractivity (Wildman–Crippen MR) is 87.4 cm³/mol. The first-order chi connectivity index (χ1) is 10.9. The van der Waals surface area contributed by atoms with E-state index in [1.165, 1.54) is 13.3 Å². The smallest absolute Gasteiger partial charge is 0.340 e. The van der Waals surface area contributed by atoms with Crippen LogP contribution in [0.1, 0.15) is 50.4 Å². The van der Waals surface area contributed by atoms with Crippen molar-refractivity contribution in [1.82, 2.24) is 10.3 Å². The Balaban J connectivity index is 2.30. The number of aromatic nitrogens is 1. The molecule has 0 aromatic carbocycles. The molecule has 1 rings (SSSR count). The molecule has 1 aromatic rings. The summed E-state index contributed by atoms with van der Waals surface area (Å²) in [4.78, 5) is 27.5. The summed E-state index contributed by atoms with van der Waals surface area (Å²) in [5, 5.41) is 2.83. The Morgan fingerprint density at radius 2 is 1.96 bits per heavy atom. The summed E-state index contributed by atoms with van der Waals surface area (Å²) in [5.74, 6) is 0.200. The highest BCUT2D eigenvalue weighted by atomic mass is 16.5. The van der Waals surface area contributed by atoms with Crippen LogP contribution in [0.3, 0.4) is 0 Å². The van der Waals surface area contributed by atoms with E-state index in [1.54, 1.807) is 12.1 Å². The Morgan fingerprint density at radius 1 is 1.22 bits per heavy atom. The van der Waals surface area contributed by atoms with Crippen LogP contribution in [0.2, 0.25) is 0 Å². The molecule has 1 atom stereocenters. The summed E-state index contributed by atoms with van der Waals surface area (Å²) in [5.41, 5.74) is 0.281. The molecular weight excluding hydrogens is 296 g/mol. The number of ether oxygens (including phenoxy) is 2. The van der Waals surface area contributed by atoms with Crippen LogP contribution in [0.25, 0.3) is 0 Å². The van der Waals surface area contributed by atoms with Crippen LogP contribution in [0.15, 0.2) is 18.3 Å². The number of pyridine rings is 1. The Labute approximate surface area is 137 Å². The van der Waals surface area contributed by atoms with Gasteiger partial charge in [-0.15, -0.1) is 0 Å². The van der Waals surface area contributed by atoms with Gasteiger partial charge in [0.2, 0.25) is 5.88 Å². The van der Waals surface area contributed by atoms with E-state index >= 15 is 0 Å². The zero-order valence-corrected chi connectivity index (χ0v) is 14.3. The fourth-order valence-corrected chi connectivity index (χ4v) is 2.06. The van der Waals surface area contributed by atoms with Crippen LogP contribution >= 0.6 is 0 Å². The van der Waals surface area contributed by atoms with Gasteiger partial charge in [0.25, 0.3) is 5.91 Å². The number of methoxy groups -OCH3 is 1. The molecule has 1 unspecified atom stereocenters. The second-order valence-electron chi connectivity index (χ2n) is 5.96. The molecule has 6 nitrogen and oxygen atoms in total. The van der Waals surface area contributed by atoms with E-state index in [2.05, 4.69) is 24.1 Å². The molecule has 23 heavy (non-hydrogen) atoms. The summed E-state index contributed by atoms with van der Waals surface area (Å²) in [6, 6.07) is 3.18. The molecule has 0 spiro atoms. The molecular formula is C17H26N2O4. The fraction of sp³-hybridized carbons (Fsp3) is 0.588. The predicted octanol–water partition coefficient (Wildman–Crippen LogP) is 2.58. The Hall–Kier alpha value is -2.11. The van der Waals surface area contributed by atoms with Crippen molar-refractivity contribution in [2.45, 2.75) is 46.1 Å². The average Bonchev–Trinajstić information content (AvgIpc) is 2.52. The largest absolute Gasteiger partial charge is 0.481 e. The normalized spacial score (nSPS) is 11.9. The molecule has 1 heterocycles. The number of esters is 1. The minimum absolute atomic E-state index is 0.0719. The maximum Gasteiger partial charge on any atom is 0.340 e. The summed E-state index contributed by atoms with van der Waals surface area (Å²) >= 11 is 0. The highest BCUT2D eigenvalue weighted by Crippen LogP contribution is 2.09. The van der Waals surface area contributed by atoms with Gasteiger partial charge in [-0.25, -0.2) is 9.78 Å². The van der Waals surface area contributed by atoms with Gasteiger partial charge in [0.1, 0.15) is 0 Å². The van der Waals surface area contributed by atoms with Crippen LogP contribution < -0.4 is 10.1 Å². The van der Waals surface area contributed by atoms with Gasteiger partial charge < -0.3 is 14.8 Å². The van der Waals surface area contributed by atoms with Gasteiger partial charge in [-0.05, 0) is 25.3 Å². The molecule has 128 valence electrons. The van der Waals surface area contributed by atoms with E-state index in [0.29, 0.717) is 11.8 Å². The van der Waals surface area contributed by atoms with Gasteiger partial charge in [0, 0.05) is 18.3 Å². The van der Waals surface area contributed by atoms with E-state index in [4.69, 9.17) is 9.47 Å². The van der Waals surface area contributed by atoms with Crippen molar-refractivity contribution < 1.29 is 19.1 Å². The van der Waals surface area contributed by atoms with Gasteiger partial charge in [0.05, 0.1) is 12.7 Å². The number of amides is 1. The molecule has 1 amide bonds. The standard InChI is InChI=1S/C17H26N2O4/c1-12(2)6-5-7-13(3)19-15(20)11-23-17(21)14-8-9-16(22-4)18-10-14/h8-10,12-13H,5-7,11H2,1-4H3,(H,19,20). The number of nitrogens with one attached hydrogen (secondary N) is 1. The first-order valence-corrected chi connectivity index (χ1v) is 7.89. The summed E-state index contributed by atoms with van der Waals surface area (Å²) in [7, 11) is 1.49. The molecule has 0 radical (unpaired) electrons. The zero-order valence-electron chi connectivity index (χ0n) is 14.3. The second kappa shape index (κ2) is 9.82. The minimum Gasteiger partial charge on any atom is -0.481 e. The maximum absolute atomic E-state index is 11.8. The van der Waals surface area contributed by atoms with E-state index in [0.717, 1.165) is 19.3 Å². The lowest BCUT2D eigenvalue weighted by Crippen LogP contribution is -2.35. The van der Waals surface area contributed by atoms with Crippen molar-refractivity contribution in [1.29, 1.82) is 0 Å². The molecule has 0 aliphatic carbocycles. The van der Waals surface area contributed by atoms with Crippen molar-refractivity contribution >= 4 is 11.9 Å². The SMILES string of the molecule is COc1ccc(C(=O)OCC(=O)NC(C)CCCC(C)C)cn1. The molecule has 0 fully saturated rings. The van der Waals surface area contributed by atoms with E-state index in [9.17, 15) is 9.59 Å². The van der Waals surface area contributed by atoms with Gasteiger partial charge in [-0.1, -0.05) is 26.7 Å². The number of hydrogen-bond acceptors (Lipinski definition) is 5. The van der Waals surface area contributed by atoms with Crippen LogP contribution in [0.4, 0.5) is 0 Å². The maximum atomic E-state index is 11.8. The first-order valence-electron chi connectivity index (χ1n) is 7.89. The number of rotatable bonds is 9.